The van der Waals surface area contributed by atoms with E-state index >= 15 is 0 Å². The van der Waals surface area contributed by atoms with E-state index < -0.39 is 11.9 Å². The summed E-state index contributed by atoms with van der Waals surface area (Å²) < 4.78 is 12.2. The summed E-state index contributed by atoms with van der Waals surface area (Å²) in [5.74, 6) is -0.887. The molecule has 1 heterocycles. The van der Waals surface area contributed by atoms with Crippen molar-refractivity contribution in [2.24, 2.45) is 4.99 Å². The summed E-state index contributed by atoms with van der Waals surface area (Å²) in [6, 6.07) is 12.7. The zero-order valence-corrected chi connectivity index (χ0v) is 22.1. The molecule has 0 saturated heterocycles. The number of rotatable bonds is 10. The van der Waals surface area contributed by atoms with Crippen molar-refractivity contribution in [1.29, 1.82) is 0 Å². The Hall–Kier alpha value is -4.33. The van der Waals surface area contributed by atoms with Crippen LogP contribution >= 0.6 is 0 Å². The standard InChI is InChI=1S/C30H32N2O6/c1-5-31-24-15-26-22(12-17(24)3)29(23-13-18(4)25(32-6-2)16-27(23)38-26)21-14-19(9-10-20(21)30(35)36)37-11-7-8-28(33)34/h9-10,12-16,31H,5-8,11H2,1-4H3,(H,33,34)(H,35,36). The van der Waals surface area contributed by atoms with Crippen molar-refractivity contribution in [1.82, 2.24) is 0 Å². The topological polar surface area (TPSA) is 121 Å². The molecule has 0 atom stereocenters. The van der Waals surface area contributed by atoms with E-state index in [0.717, 1.165) is 45.2 Å². The molecule has 38 heavy (non-hydrogen) atoms. The van der Waals surface area contributed by atoms with Crippen LogP contribution in [0.2, 0.25) is 0 Å². The Morgan fingerprint density at radius 2 is 1.79 bits per heavy atom. The second-order valence-corrected chi connectivity index (χ2v) is 9.14. The smallest absolute Gasteiger partial charge is 0.336 e. The quantitative estimate of drug-likeness (QED) is 0.172. The summed E-state index contributed by atoms with van der Waals surface area (Å²) in [5, 5.41) is 24.0. The van der Waals surface area contributed by atoms with Crippen LogP contribution in [0.5, 0.6) is 5.75 Å². The molecule has 0 bridgehead atoms. The minimum Gasteiger partial charge on any atom is -0.494 e. The van der Waals surface area contributed by atoms with E-state index in [-0.39, 0.29) is 18.6 Å². The molecule has 0 amide bonds. The van der Waals surface area contributed by atoms with Gasteiger partial charge in [-0.3, -0.25) is 9.79 Å². The molecule has 2 aromatic rings. The number of benzene rings is 3. The molecule has 0 radical (unpaired) electrons. The number of anilines is 1. The lowest BCUT2D eigenvalue weighted by Gasteiger charge is -2.20. The predicted octanol–water partition coefficient (Wildman–Crippen LogP) is 6.12. The fourth-order valence-electron chi connectivity index (χ4n) is 4.62. The maximum Gasteiger partial charge on any atom is 0.336 e. The van der Waals surface area contributed by atoms with Crippen LogP contribution in [0, 0.1) is 13.8 Å². The molecule has 8 nitrogen and oxygen atoms in total. The van der Waals surface area contributed by atoms with Crippen molar-refractivity contribution in [3.63, 3.8) is 0 Å². The maximum atomic E-state index is 12.4. The first kappa shape index (κ1) is 26.7. The zero-order chi connectivity index (χ0) is 27.4. The molecular formula is C30H32N2O6. The monoisotopic (exact) mass is 516 g/mol. The number of ether oxygens (including phenoxy) is 1. The number of carboxylic acids is 2. The highest BCUT2D eigenvalue weighted by molar-refractivity contribution is 6.08. The fourth-order valence-corrected chi connectivity index (χ4v) is 4.62. The van der Waals surface area contributed by atoms with E-state index in [1.807, 2.05) is 52.0 Å². The number of hydrogen-bond donors (Lipinski definition) is 3. The van der Waals surface area contributed by atoms with Gasteiger partial charge in [0.2, 0.25) is 0 Å². The Balaban J connectivity index is 2.03. The predicted molar refractivity (Wildman–Crippen MR) is 147 cm³/mol. The van der Waals surface area contributed by atoms with Crippen molar-refractivity contribution in [3.05, 3.63) is 64.5 Å². The van der Waals surface area contributed by atoms with Gasteiger partial charge in [-0.05, 0) is 75.6 Å². The highest BCUT2D eigenvalue weighted by Crippen LogP contribution is 2.43. The van der Waals surface area contributed by atoms with E-state index in [0.29, 0.717) is 35.6 Å². The van der Waals surface area contributed by atoms with Gasteiger partial charge in [-0.1, -0.05) is 0 Å². The summed E-state index contributed by atoms with van der Waals surface area (Å²) in [6.07, 6.45) is 0.337. The lowest BCUT2D eigenvalue weighted by Crippen LogP contribution is -2.10. The van der Waals surface area contributed by atoms with Crippen LogP contribution in [-0.4, -0.2) is 41.8 Å². The summed E-state index contributed by atoms with van der Waals surface area (Å²) in [7, 11) is 0. The molecule has 8 heteroatoms. The molecule has 1 aliphatic carbocycles. The zero-order valence-electron chi connectivity index (χ0n) is 22.1. The van der Waals surface area contributed by atoms with Gasteiger partial charge < -0.3 is 24.7 Å². The van der Waals surface area contributed by atoms with Crippen LogP contribution in [0.3, 0.4) is 0 Å². The first-order valence-electron chi connectivity index (χ1n) is 12.7. The molecule has 0 saturated carbocycles. The van der Waals surface area contributed by atoms with Crippen LogP contribution in [0.4, 0.5) is 5.69 Å². The Morgan fingerprint density at radius 1 is 1.00 bits per heavy atom. The molecule has 0 fully saturated rings. The third-order valence-electron chi connectivity index (χ3n) is 6.37. The van der Waals surface area contributed by atoms with Crippen LogP contribution in [-0.2, 0) is 4.79 Å². The number of hydrogen-bond acceptors (Lipinski definition) is 6. The highest BCUT2D eigenvalue weighted by Gasteiger charge is 2.23. The van der Waals surface area contributed by atoms with Gasteiger partial charge in [-0.2, -0.15) is 0 Å². The van der Waals surface area contributed by atoms with Gasteiger partial charge in [0.15, 0.2) is 0 Å². The number of carboxylic acid groups (broad SMARTS) is 2. The first-order valence-corrected chi connectivity index (χ1v) is 12.7. The summed E-state index contributed by atoms with van der Waals surface area (Å²) in [6.45, 7) is 9.54. The number of carbonyl (C=O) groups is 2. The van der Waals surface area contributed by atoms with E-state index in [1.54, 1.807) is 12.1 Å². The highest BCUT2D eigenvalue weighted by atomic mass is 16.5. The molecule has 0 aromatic heterocycles. The van der Waals surface area contributed by atoms with Gasteiger partial charge in [0.05, 0.1) is 17.5 Å². The van der Waals surface area contributed by atoms with Crippen molar-refractivity contribution in [3.8, 4) is 28.2 Å². The normalized spacial score (nSPS) is 11.7. The summed E-state index contributed by atoms with van der Waals surface area (Å²) >= 11 is 0. The SMILES string of the molecule is CCN=c1cc2oc3cc(NCC)c(C)cc3c(-c3cc(OCCCC(=O)O)ccc3C(=O)O)c-2cc1C. The van der Waals surface area contributed by atoms with E-state index in [4.69, 9.17) is 14.3 Å². The molecule has 198 valence electrons. The minimum absolute atomic E-state index is 0.00659. The number of aromatic carboxylic acids is 1. The van der Waals surface area contributed by atoms with E-state index in [1.165, 1.54) is 6.07 Å². The van der Waals surface area contributed by atoms with Gasteiger partial charge in [0.25, 0.3) is 0 Å². The van der Waals surface area contributed by atoms with Gasteiger partial charge in [0, 0.05) is 59.4 Å². The Kier molecular flexibility index (Phi) is 8.00. The number of aryl methyl sites for hydroxylation is 2. The minimum atomic E-state index is -1.06. The maximum absolute atomic E-state index is 12.4. The van der Waals surface area contributed by atoms with Crippen molar-refractivity contribution >= 4 is 28.6 Å². The van der Waals surface area contributed by atoms with Crippen molar-refractivity contribution in [2.45, 2.75) is 40.5 Å². The molecule has 1 aliphatic heterocycles. The molecule has 0 spiro atoms. The van der Waals surface area contributed by atoms with E-state index in [9.17, 15) is 14.7 Å². The van der Waals surface area contributed by atoms with Gasteiger partial charge in [0.1, 0.15) is 17.1 Å². The second kappa shape index (κ2) is 11.4. The van der Waals surface area contributed by atoms with Gasteiger partial charge in [-0.15, -0.1) is 0 Å². The van der Waals surface area contributed by atoms with Gasteiger partial charge in [-0.25, -0.2) is 4.79 Å². The average Bonchev–Trinajstić information content (AvgIpc) is 2.87. The third kappa shape index (κ3) is 5.49. The largest absolute Gasteiger partial charge is 0.494 e. The van der Waals surface area contributed by atoms with Crippen LogP contribution in [0.1, 0.15) is 48.2 Å². The molecule has 2 aromatic carbocycles. The summed E-state index contributed by atoms with van der Waals surface area (Å²) in [4.78, 5) is 27.8. The lowest BCUT2D eigenvalue weighted by atomic mass is 9.89. The molecule has 2 aliphatic rings. The Labute approximate surface area is 220 Å². The Bertz CT molecular complexity index is 1550. The number of nitrogens with zero attached hydrogens (tertiary/aromatic N) is 1. The van der Waals surface area contributed by atoms with Crippen molar-refractivity contribution in [2.75, 3.05) is 25.0 Å². The molecule has 3 N–H and O–H groups in total. The Morgan fingerprint density at radius 3 is 2.47 bits per heavy atom. The summed E-state index contributed by atoms with van der Waals surface area (Å²) in [5.41, 5.74) is 5.63. The number of nitrogens with one attached hydrogen (secondary N) is 1. The van der Waals surface area contributed by atoms with E-state index in [2.05, 4.69) is 10.3 Å². The molecule has 0 unspecified atom stereocenters. The molecule has 4 rings (SSSR count). The molecular weight excluding hydrogens is 484 g/mol. The van der Waals surface area contributed by atoms with Gasteiger partial charge >= 0.3 is 11.9 Å². The van der Waals surface area contributed by atoms with Crippen LogP contribution in [0.25, 0.3) is 33.4 Å². The van der Waals surface area contributed by atoms with Crippen LogP contribution in [0.15, 0.2) is 51.9 Å². The average molecular weight is 517 g/mol. The second-order valence-electron chi connectivity index (χ2n) is 9.14. The number of aliphatic carboxylic acids is 1. The third-order valence-corrected chi connectivity index (χ3v) is 6.37. The lowest BCUT2D eigenvalue weighted by molar-refractivity contribution is -0.137. The fraction of sp³-hybridized carbons (Fsp3) is 0.300. The van der Waals surface area contributed by atoms with Crippen LogP contribution < -0.4 is 15.4 Å². The van der Waals surface area contributed by atoms with Crippen molar-refractivity contribution < 1.29 is 29.0 Å². The first-order chi connectivity index (χ1) is 18.2. The number of fused-ring (bicyclic) bond motifs is 2.